The molecule has 78 valence electrons. The molecule has 4 heteroatoms. The van der Waals surface area contributed by atoms with Crippen molar-refractivity contribution in [1.29, 1.82) is 5.26 Å². The molecule has 0 aliphatic carbocycles. The molecule has 1 aromatic rings. The Kier molecular flexibility index (Phi) is 4.17. The van der Waals surface area contributed by atoms with Gasteiger partial charge in [0.05, 0.1) is 18.8 Å². The average molecular weight is 204 g/mol. The fraction of sp³-hybridized carbons (Fsp3) is 0.273. The number of likely N-dealkylation sites (N-methyl/N-ethyl adjacent to an activating group) is 1. The van der Waals surface area contributed by atoms with Gasteiger partial charge < -0.3 is 9.32 Å². The van der Waals surface area contributed by atoms with Crippen LogP contribution in [0.1, 0.15) is 12.2 Å². The van der Waals surface area contributed by atoms with Gasteiger partial charge in [-0.15, -0.1) is 0 Å². The minimum absolute atomic E-state index is 0.137. The first-order chi connectivity index (χ1) is 7.24. The van der Waals surface area contributed by atoms with E-state index >= 15 is 0 Å². The number of hydrogen-bond acceptors (Lipinski definition) is 3. The summed E-state index contributed by atoms with van der Waals surface area (Å²) in [5.74, 6) is 0.499. The van der Waals surface area contributed by atoms with Crippen LogP contribution in [0, 0.1) is 11.3 Å². The third kappa shape index (κ3) is 3.69. The molecule has 0 aromatic carbocycles. The van der Waals surface area contributed by atoms with Gasteiger partial charge in [-0.3, -0.25) is 4.79 Å². The quantitative estimate of drug-likeness (QED) is 0.701. The SMILES string of the molecule is CN(CCC#N)C(=O)/C=C/c1ccco1. The Bertz CT molecular complexity index is 374. The summed E-state index contributed by atoms with van der Waals surface area (Å²) < 4.78 is 5.03. The molecule has 1 aromatic heterocycles. The summed E-state index contributed by atoms with van der Waals surface area (Å²) in [6, 6.07) is 5.50. The summed E-state index contributed by atoms with van der Waals surface area (Å²) in [7, 11) is 1.66. The van der Waals surface area contributed by atoms with E-state index in [1.165, 1.54) is 11.0 Å². The lowest BCUT2D eigenvalue weighted by Crippen LogP contribution is -2.25. The van der Waals surface area contributed by atoms with E-state index in [-0.39, 0.29) is 5.91 Å². The molecule has 0 saturated heterocycles. The lowest BCUT2D eigenvalue weighted by atomic mass is 10.3. The van der Waals surface area contributed by atoms with E-state index in [4.69, 9.17) is 9.68 Å². The van der Waals surface area contributed by atoms with Gasteiger partial charge in [-0.2, -0.15) is 5.26 Å². The van der Waals surface area contributed by atoms with Crippen LogP contribution in [0.25, 0.3) is 6.08 Å². The van der Waals surface area contributed by atoms with Crippen LogP contribution in [0.15, 0.2) is 28.9 Å². The molecule has 1 heterocycles. The Hall–Kier alpha value is -2.02. The van der Waals surface area contributed by atoms with Gasteiger partial charge in [-0.1, -0.05) is 0 Å². The number of hydrogen-bond donors (Lipinski definition) is 0. The number of rotatable bonds is 4. The fourth-order valence-electron chi connectivity index (χ4n) is 0.995. The van der Waals surface area contributed by atoms with Gasteiger partial charge >= 0.3 is 0 Å². The van der Waals surface area contributed by atoms with E-state index < -0.39 is 0 Å². The summed E-state index contributed by atoms with van der Waals surface area (Å²) in [4.78, 5) is 12.9. The van der Waals surface area contributed by atoms with E-state index in [9.17, 15) is 4.79 Å². The monoisotopic (exact) mass is 204 g/mol. The Morgan fingerprint density at radius 1 is 1.73 bits per heavy atom. The van der Waals surface area contributed by atoms with Crippen LogP contribution in [0.3, 0.4) is 0 Å². The third-order valence-corrected chi connectivity index (χ3v) is 1.87. The number of nitriles is 1. The summed E-state index contributed by atoms with van der Waals surface area (Å²) in [6.45, 7) is 0.442. The minimum atomic E-state index is -0.137. The van der Waals surface area contributed by atoms with Crippen molar-refractivity contribution in [2.45, 2.75) is 6.42 Å². The third-order valence-electron chi connectivity index (χ3n) is 1.87. The van der Waals surface area contributed by atoms with Crippen molar-refractivity contribution in [2.24, 2.45) is 0 Å². The van der Waals surface area contributed by atoms with Gasteiger partial charge in [0.15, 0.2) is 0 Å². The van der Waals surface area contributed by atoms with Crippen molar-refractivity contribution >= 4 is 12.0 Å². The zero-order valence-corrected chi connectivity index (χ0v) is 8.51. The first-order valence-corrected chi connectivity index (χ1v) is 4.57. The predicted molar refractivity (Wildman–Crippen MR) is 55.6 cm³/mol. The van der Waals surface area contributed by atoms with Gasteiger partial charge in [0.1, 0.15) is 5.76 Å². The first kappa shape index (κ1) is 11.1. The highest BCUT2D eigenvalue weighted by Crippen LogP contribution is 2.02. The molecule has 0 atom stereocenters. The largest absolute Gasteiger partial charge is 0.465 e. The topological polar surface area (TPSA) is 57.2 Å². The molecule has 0 aliphatic rings. The van der Waals surface area contributed by atoms with Gasteiger partial charge in [0, 0.05) is 19.7 Å². The maximum Gasteiger partial charge on any atom is 0.246 e. The molecule has 0 saturated carbocycles. The van der Waals surface area contributed by atoms with Crippen molar-refractivity contribution in [3.05, 3.63) is 30.2 Å². The smallest absolute Gasteiger partial charge is 0.246 e. The molecular formula is C11H12N2O2. The second-order valence-corrected chi connectivity index (χ2v) is 3.02. The van der Waals surface area contributed by atoms with E-state index in [1.807, 2.05) is 6.07 Å². The molecule has 1 rings (SSSR count). The van der Waals surface area contributed by atoms with Crippen molar-refractivity contribution < 1.29 is 9.21 Å². The normalized spacial score (nSPS) is 10.1. The number of nitrogens with zero attached hydrogens (tertiary/aromatic N) is 2. The van der Waals surface area contributed by atoms with Crippen molar-refractivity contribution in [3.8, 4) is 6.07 Å². The maximum atomic E-state index is 11.4. The molecule has 4 nitrogen and oxygen atoms in total. The molecule has 15 heavy (non-hydrogen) atoms. The molecule has 0 bridgehead atoms. The van der Waals surface area contributed by atoms with Gasteiger partial charge in [0.25, 0.3) is 0 Å². The second-order valence-electron chi connectivity index (χ2n) is 3.02. The van der Waals surface area contributed by atoms with Crippen LogP contribution < -0.4 is 0 Å². The van der Waals surface area contributed by atoms with E-state index in [1.54, 1.807) is 31.5 Å². The van der Waals surface area contributed by atoms with Gasteiger partial charge in [-0.25, -0.2) is 0 Å². The number of furan rings is 1. The van der Waals surface area contributed by atoms with Crippen LogP contribution in [-0.4, -0.2) is 24.4 Å². The highest BCUT2D eigenvalue weighted by molar-refractivity contribution is 5.91. The lowest BCUT2D eigenvalue weighted by molar-refractivity contribution is -0.124. The standard InChI is InChI=1S/C11H12N2O2/c1-13(8-3-7-12)11(14)6-5-10-4-2-9-15-10/h2,4-6,9H,3,8H2,1H3/b6-5+. The second kappa shape index (κ2) is 5.66. The zero-order chi connectivity index (χ0) is 11.1. The number of amides is 1. The Labute approximate surface area is 88.4 Å². The summed E-state index contributed by atoms with van der Waals surface area (Å²) in [6.07, 6.45) is 4.92. The van der Waals surface area contributed by atoms with E-state index in [0.717, 1.165) is 0 Å². The molecule has 1 amide bonds. The van der Waals surface area contributed by atoms with Crippen molar-refractivity contribution in [2.75, 3.05) is 13.6 Å². The number of carbonyl (C=O) groups excluding carboxylic acids is 1. The fourth-order valence-corrected chi connectivity index (χ4v) is 0.995. The van der Waals surface area contributed by atoms with E-state index in [0.29, 0.717) is 18.7 Å². The maximum absolute atomic E-state index is 11.4. The Morgan fingerprint density at radius 2 is 2.53 bits per heavy atom. The molecule has 0 unspecified atom stereocenters. The summed E-state index contributed by atoms with van der Waals surface area (Å²) in [5, 5.41) is 8.36. The molecule has 0 fully saturated rings. The van der Waals surface area contributed by atoms with Crippen LogP contribution in [0.2, 0.25) is 0 Å². The molecule has 0 spiro atoms. The molecular weight excluding hydrogens is 192 g/mol. The van der Waals surface area contributed by atoms with Crippen LogP contribution >= 0.6 is 0 Å². The van der Waals surface area contributed by atoms with Crippen molar-refractivity contribution in [3.63, 3.8) is 0 Å². The van der Waals surface area contributed by atoms with Crippen LogP contribution in [0.4, 0.5) is 0 Å². The summed E-state index contributed by atoms with van der Waals surface area (Å²) in [5.41, 5.74) is 0. The molecule has 0 aliphatic heterocycles. The Balaban J connectivity index is 2.45. The zero-order valence-electron chi connectivity index (χ0n) is 8.51. The highest BCUT2D eigenvalue weighted by atomic mass is 16.3. The Morgan fingerprint density at radius 3 is 3.13 bits per heavy atom. The van der Waals surface area contributed by atoms with Crippen molar-refractivity contribution in [1.82, 2.24) is 4.90 Å². The highest BCUT2D eigenvalue weighted by Gasteiger charge is 2.03. The van der Waals surface area contributed by atoms with Crippen LogP contribution in [0.5, 0.6) is 0 Å². The van der Waals surface area contributed by atoms with Gasteiger partial charge in [0.2, 0.25) is 5.91 Å². The molecule has 0 radical (unpaired) electrons. The number of carbonyl (C=O) groups is 1. The first-order valence-electron chi connectivity index (χ1n) is 4.57. The van der Waals surface area contributed by atoms with E-state index in [2.05, 4.69) is 0 Å². The average Bonchev–Trinajstić information content (AvgIpc) is 2.75. The lowest BCUT2D eigenvalue weighted by Gasteiger charge is -2.11. The predicted octanol–water partition coefficient (Wildman–Crippen LogP) is 1.66. The summed E-state index contributed by atoms with van der Waals surface area (Å²) >= 11 is 0. The molecule has 0 N–H and O–H groups in total. The minimum Gasteiger partial charge on any atom is -0.465 e. The van der Waals surface area contributed by atoms with Gasteiger partial charge in [-0.05, 0) is 18.2 Å². The van der Waals surface area contributed by atoms with Crippen LogP contribution in [-0.2, 0) is 4.79 Å².